The van der Waals surface area contributed by atoms with E-state index >= 15 is 0 Å². The van der Waals surface area contributed by atoms with Crippen molar-refractivity contribution in [1.82, 2.24) is 15.0 Å². The van der Waals surface area contributed by atoms with Gasteiger partial charge < -0.3 is 10.1 Å². The molecule has 0 atom stereocenters. The number of anilines is 1. The first-order valence-electron chi connectivity index (χ1n) is 7.93. The fourth-order valence-corrected chi connectivity index (χ4v) is 2.49. The van der Waals surface area contributed by atoms with Gasteiger partial charge in [0, 0.05) is 36.3 Å². The van der Waals surface area contributed by atoms with E-state index in [0.717, 1.165) is 10.9 Å². The number of pyridine rings is 1. The van der Waals surface area contributed by atoms with Crippen LogP contribution in [0.15, 0.2) is 48.8 Å². The third-order valence-electron chi connectivity index (χ3n) is 3.55. The Kier molecular flexibility index (Phi) is 5.74. The first-order valence-corrected chi connectivity index (χ1v) is 8.31. The van der Waals surface area contributed by atoms with Gasteiger partial charge in [-0.25, -0.2) is 15.0 Å². The summed E-state index contributed by atoms with van der Waals surface area (Å²) in [5, 5.41) is 4.36. The summed E-state index contributed by atoms with van der Waals surface area (Å²) in [6, 6.07) is 11.3. The Labute approximate surface area is 150 Å². The van der Waals surface area contributed by atoms with Crippen molar-refractivity contribution >= 4 is 34.4 Å². The Morgan fingerprint density at radius 2 is 1.96 bits per heavy atom. The molecule has 128 valence electrons. The largest absolute Gasteiger partial charge is 0.461 e. The molecule has 0 bridgehead atoms. The van der Waals surface area contributed by atoms with Gasteiger partial charge in [-0.1, -0.05) is 29.8 Å². The maximum absolute atomic E-state index is 11.9. The van der Waals surface area contributed by atoms with Gasteiger partial charge in [-0.2, -0.15) is 0 Å². The van der Waals surface area contributed by atoms with Crippen LogP contribution in [0.25, 0.3) is 10.9 Å². The van der Waals surface area contributed by atoms with Crippen LogP contribution in [-0.4, -0.2) is 27.5 Å². The third kappa shape index (κ3) is 4.87. The van der Waals surface area contributed by atoms with E-state index < -0.39 is 0 Å². The number of para-hydroxylation sites is 1. The zero-order valence-electron chi connectivity index (χ0n) is 13.5. The predicted octanol–water partition coefficient (Wildman–Crippen LogP) is 3.61. The van der Waals surface area contributed by atoms with Crippen molar-refractivity contribution in [1.29, 1.82) is 0 Å². The highest BCUT2D eigenvalue weighted by Crippen LogP contribution is 2.21. The number of ether oxygens (including phenoxy) is 1. The van der Waals surface area contributed by atoms with E-state index in [1.165, 1.54) is 0 Å². The summed E-state index contributed by atoms with van der Waals surface area (Å²) in [7, 11) is 0. The van der Waals surface area contributed by atoms with Gasteiger partial charge in [0.05, 0.1) is 5.52 Å². The van der Waals surface area contributed by atoms with Gasteiger partial charge in [0.25, 0.3) is 0 Å². The number of halogens is 1. The van der Waals surface area contributed by atoms with Gasteiger partial charge in [0.2, 0.25) is 5.95 Å². The molecule has 3 aromatic rings. The monoisotopic (exact) mass is 356 g/mol. The molecule has 7 heteroatoms. The maximum Gasteiger partial charge on any atom is 0.306 e. The molecule has 0 aliphatic carbocycles. The number of carbonyl (C=O) groups excluding carboxylic acids is 1. The van der Waals surface area contributed by atoms with Crippen LogP contribution in [0.3, 0.4) is 0 Å². The van der Waals surface area contributed by atoms with Crippen LogP contribution < -0.4 is 5.32 Å². The summed E-state index contributed by atoms with van der Waals surface area (Å²) < 4.78 is 5.29. The molecule has 0 saturated heterocycles. The van der Waals surface area contributed by atoms with Crippen LogP contribution in [0.5, 0.6) is 0 Å². The molecule has 2 aromatic heterocycles. The highest BCUT2D eigenvalue weighted by molar-refractivity contribution is 6.30. The smallest absolute Gasteiger partial charge is 0.306 e. The van der Waals surface area contributed by atoms with E-state index in [-0.39, 0.29) is 12.6 Å². The van der Waals surface area contributed by atoms with Crippen LogP contribution in [0.4, 0.5) is 5.95 Å². The minimum Gasteiger partial charge on any atom is -0.461 e. The second kappa shape index (κ2) is 8.39. The molecule has 0 amide bonds. The molecule has 0 aliphatic rings. The van der Waals surface area contributed by atoms with Gasteiger partial charge >= 0.3 is 5.97 Å². The molecule has 6 nitrogen and oxygen atoms in total. The second-order valence-corrected chi connectivity index (χ2v) is 5.75. The number of fused-ring (bicyclic) bond motifs is 1. The van der Waals surface area contributed by atoms with Crippen LogP contribution in [0.1, 0.15) is 18.4 Å². The van der Waals surface area contributed by atoms with Crippen molar-refractivity contribution in [2.75, 3.05) is 11.9 Å². The molecule has 0 saturated carbocycles. The summed E-state index contributed by atoms with van der Waals surface area (Å²) in [6.45, 7) is 0.710. The van der Waals surface area contributed by atoms with Gasteiger partial charge in [-0.3, -0.25) is 4.79 Å². The van der Waals surface area contributed by atoms with E-state index in [1.54, 1.807) is 18.5 Å². The summed E-state index contributed by atoms with van der Waals surface area (Å²) >= 11 is 6.16. The molecule has 0 unspecified atom stereocenters. The van der Waals surface area contributed by atoms with Crippen molar-refractivity contribution < 1.29 is 9.53 Å². The van der Waals surface area contributed by atoms with Crippen molar-refractivity contribution in [3.05, 3.63) is 59.5 Å². The van der Waals surface area contributed by atoms with Crippen LogP contribution in [0.2, 0.25) is 5.15 Å². The van der Waals surface area contributed by atoms with Crippen LogP contribution >= 0.6 is 11.6 Å². The average molecular weight is 357 g/mol. The quantitative estimate of drug-likeness (QED) is 0.396. The Morgan fingerprint density at radius 1 is 1.16 bits per heavy atom. The molecular weight excluding hydrogens is 340 g/mol. The lowest BCUT2D eigenvalue weighted by Gasteiger charge is -2.08. The van der Waals surface area contributed by atoms with Crippen molar-refractivity contribution in [3.63, 3.8) is 0 Å². The fraction of sp³-hybridized carbons (Fsp3) is 0.222. The molecule has 3 rings (SSSR count). The average Bonchev–Trinajstić information content (AvgIpc) is 2.64. The number of rotatable bonds is 7. The molecule has 0 aliphatic heterocycles. The molecule has 1 aromatic carbocycles. The second-order valence-electron chi connectivity index (χ2n) is 5.39. The highest BCUT2D eigenvalue weighted by Gasteiger charge is 2.08. The number of hydrogen-bond donors (Lipinski definition) is 1. The Balaban J connectivity index is 1.45. The Bertz CT molecular complexity index is 858. The van der Waals surface area contributed by atoms with E-state index in [2.05, 4.69) is 20.3 Å². The standard InChI is InChI=1S/C18H17ClN4O2/c19-17-14(11-13-5-1-2-6-15(13)23-17)12-25-16(24)7-3-8-20-18-21-9-4-10-22-18/h1-2,4-6,9-11H,3,7-8,12H2,(H,20,21,22). The van der Waals surface area contributed by atoms with Gasteiger partial charge in [-0.15, -0.1) is 0 Å². The SMILES string of the molecule is O=C(CCCNc1ncccn1)OCc1cc2ccccc2nc1Cl. The lowest BCUT2D eigenvalue weighted by atomic mass is 10.2. The van der Waals surface area contributed by atoms with E-state index in [0.29, 0.717) is 36.1 Å². The molecule has 25 heavy (non-hydrogen) atoms. The number of nitrogens with zero attached hydrogens (tertiary/aromatic N) is 3. The minimum absolute atomic E-state index is 0.116. The first kappa shape index (κ1) is 17.1. The number of aromatic nitrogens is 3. The summed E-state index contributed by atoms with van der Waals surface area (Å²) in [5.74, 6) is 0.268. The molecule has 2 heterocycles. The zero-order chi connectivity index (χ0) is 17.5. The van der Waals surface area contributed by atoms with Crippen molar-refractivity contribution in [2.24, 2.45) is 0 Å². The van der Waals surface area contributed by atoms with E-state index in [9.17, 15) is 4.79 Å². The minimum atomic E-state index is -0.278. The van der Waals surface area contributed by atoms with Crippen LogP contribution in [0, 0.1) is 0 Å². The fourth-order valence-electron chi connectivity index (χ4n) is 2.29. The molecular formula is C18H17ClN4O2. The molecule has 0 spiro atoms. The Hall–Kier alpha value is -2.73. The highest BCUT2D eigenvalue weighted by atomic mass is 35.5. The summed E-state index contributed by atoms with van der Waals surface area (Å²) in [5.41, 5.74) is 1.52. The van der Waals surface area contributed by atoms with Gasteiger partial charge in [-0.05, 0) is 24.6 Å². The van der Waals surface area contributed by atoms with Crippen molar-refractivity contribution in [2.45, 2.75) is 19.4 Å². The molecule has 1 N–H and O–H groups in total. The van der Waals surface area contributed by atoms with E-state index in [1.807, 2.05) is 30.3 Å². The van der Waals surface area contributed by atoms with Gasteiger partial charge in [0.1, 0.15) is 11.8 Å². The number of benzene rings is 1. The van der Waals surface area contributed by atoms with E-state index in [4.69, 9.17) is 16.3 Å². The zero-order valence-corrected chi connectivity index (χ0v) is 14.2. The third-order valence-corrected chi connectivity index (χ3v) is 3.87. The number of esters is 1. The Morgan fingerprint density at radius 3 is 2.80 bits per heavy atom. The lowest BCUT2D eigenvalue weighted by molar-refractivity contribution is -0.145. The predicted molar refractivity (Wildman–Crippen MR) is 96.3 cm³/mol. The number of carbonyl (C=O) groups is 1. The number of hydrogen-bond acceptors (Lipinski definition) is 6. The number of nitrogens with one attached hydrogen (secondary N) is 1. The summed E-state index contributed by atoms with van der Waals surface area (Å²) in [4.78, 5) is 24.3. The maximum atomic E-state index is 11.9. The topological polar surface area (TPSA) is 77.0 Å². The van der Waals surface area contributed by atoms with Gasteiger partial charge in [0.15, 0.2) is 0 Å². The normalized spacial score (nSPS) is 10.6. The molecule has 0 fully saturated rings. The lowest BCUT2D eigenvalue weighted by Crippen LogP contribution is -2.10. The first-order chi connectivity index (χ1) is 12.2. The summed E-state index contributed by atoms with van der Waals surface area (Å²) in [6.07, 6.45) is 4.25. The molecule has 0 radical (unpaired) electrons. The van der Waals surface area contributed by atoms with Crippen LogP contribution in [-0.2, 0) is 16.1 Å². The van der Waals surface area contributed by atoms with Crippen molar-refractivity contribution in [3.8, 4) is 0 Å².